The van der Waals surface area contributed by atoms with Crippen LogP contribution in [0.2, 0.25) is 0 Å². The number of hydrogen-bond acceptors (Lipinski definition) is 4. The first-order valence-corrected chi connectivity index (χ1v) is 15.6. The molecule has 0 saturated carbocycles. The number of para-hydroxylation sites is 2. The summed E-state index contributed by atoms with van der Waals surface area (Å²) in [4.78, 5) is 2.29. The number of anilines is 5. The van der Waals surface area contributed by atoms with Crippen molar-refractivity contribution in [1.29, 1.82) is 0 Å². The maximum atomic E-state index is 6.57. The van der Waals surface area contributed by atoms with Gasteiger partial charge in [0.2, 0.25) is 0 Å². The van der Waals surface area contributed by atoms with Gasteiger partial charge in [-0.3, -0.25) is 0 Å². The molecule has 1 saturated heterocycles. The van der Waals surface area contributed by atoms with Gasteiger partial charge in [0.05, 0.1) is 11.2 Å². The van der Waals surface area contributed by atoms with Crippen molar-refractivity contribution in [2.24, 2.45) is 0 Å². The number of hydrogen-bond donors (Lipinski definition) is 1. The van der Waals surface area contributed by atoms with Crippen molar-refractivity contribution < 1.29 is 9.31 Å². The average Bonchev–Trinajstić information content (AvgIpc) is 3.19. The van der Waals surface area contributed by atoms with E-state index in [2.05, 4.69) is 163 Å². The molecule has 4 nitrogen and oxygen atoms in total. The van der Waals surface area contributed by atoms with Gasteiger partial charge in [-0.2, -0.15) is 0 Å². The molecule has 4 aromatic rings. The predicted octanol–water partition coefficient (Wildman–Crippen LogP) is 9.55. The molecule has 0 amide bonds. The molecule has 1 heterocycles. The summed E-state index contributed by atoms with van der Waals surface area (Å²) in [7, 11) is -0.489. The van der Waals surface area contributed by atoms with Crippen molar-refractivity contribution >= 4 is 41.0 Å². The van der Waals surface area contributed by atoms with Crippen LogP contribution in [0, 0.1) is 0 Å². The highest BCUT2D eigenvalue weighted by Crippen LogP contribution is 2.47. The summed E-state index contributed by atoms with van der Waals surface area (Å²) in [6.45, 7) is 17.9. The van der Waals surface area contributed by atoms with Crippen LogP contribution in [0.4, 0.5) is 28.4 Å². The minimum atomic E-state index is -0.489. The Hall–Kier alpha value is -3.54. The Morgan fingerprint density at radius 1 is 0.581 bits per heavy atom. The van der Waals surface area contributed by atoms with Gasteiger partial charge in [-0.25, -0.2) is 0 Å². The van der Waals surface area contributed by atoms with E-state index >= 15 is 0 Å². The second-order valence-electron chi connectivity index (χ2n) is 14.5. The van der Waals surface area contributed by atoms with Crippen molar-refractivity contribution in [2.75, 3.05) is 10.2 Å². The number of nitrogens with one attached hydrogen (secondary N) is 1. The zero-order chi connectivity index (χ0) is 30.6. The van der Waals surface area contributed by atoms with E-state index in [1.165, 1.54) is 24.0 Å². The van der Waals surface area contributed by atoms with Crippen LogP contribution in [-0.4, -0.2) is 18.3 Å². The molecular formula is C38H45BN2O2. The van der Waals surface area contributed by atoms with Gasteiger partial charge in [-0.1, -0.05) is 76.2 Å². The van der Waals surface area contributed by atoms with E-state index in [-0.39, 0.29) is 10.8 Å². The quantitative estimate of drug-likeness (QED) is 0.233. The van der Waals surface area contributed by atoms with E-state index in [0.29, 0.717) is 0 Å². The van der Waals surface area contributed by atoms with Gasteiger partial charge >= 0.3 is 7.12 Å². The molecule has 1 N–H and O–H groups in total. The van der Waals surface area contributed by atoms with Crippen LogP contribution in [-0.2, 0) is 20.1 Å². The van der Waals surface area contributed by atoms with Gasteiger partial charge in [-0.15, -0.1) is 0 Å². The van der Waals surface area contributed by atoms with E-state index in [4.69, 9.17) is 9.31 Å². The highest BCUT2D eigenvalue weighted by Gasteiger charge is 2.52. The second-order valence-corrected chi connectivity index (χ2v) is 14.5. The normalized spacial score (nSPS) is 19.5. The molecule has 0 spiro atoms. The van der Waals surface area contributed by atoms with Crippen molar-refractivity contribution in [3.63, 3.8) is 0 Å². The first-order valence-electron chi connectivity index (χ1n) is 15.6. The molecule has 4 aromatic carbocycles. The molecule has 5 heteroatoms. The summed E-state index contributed by atoms with van der Waals surface area (Å²) in [6, 6.07) is 34.5. The Morgan fingerprint density at radius 2 is 1.12 bits per heavy atom. The first kappa shape index (κ1) is 29.5. The molecule has 0 atom stereocenters. The molecule has 6 rings (SSSR count). The third-order valence-corrected chi connectivity index (χ3v) is 9.96. The lowest BCUT2D eigenvalue weighted by Gasteiger charge is -2.42. The van der Waals surface area contributed by atoms with E-state index in [1.54, 1.807) is 0 Å². The summed E-state index contributed by atoms with van der Waals surface area (Å²) in [5.41, 5.74) is 8.59. The number of fused-ring (bicyclic) bond motifs is 1. The van der Waals surface area contributed by atoms with Gasteiger partial charge < -0.3 is 19.5 Å². The van der Waals surface area contributed by atoms with Crippen molar-refractivity contribution in [2.45, 2.75) is 90.3 Å². The zero-order valence-electron chi connectivity index (χ0n) is 27.0. The lowest BCUT2D eigenvalue weighted by Crippen LogP contribution is -2.41. The van der Waals surface area contributed by atoms with Crippen LogP contribution < -0.4 is 15.7 Å². The van der Waals surface area contributed by atoms with Crippen molar-refractivity contribution in [3.8, 4) is 0 Å². The molecule has 1 fully saturated rings. The highest BCUT2D eigenvalue weighted by atomic mass is 16.7. The highest BCUT2D eigenvalue weighted by molar-refractivity contribution is 6.64. The third-order valence-electron chi connectivity index (χ3n) is 9.96. The summed E-state index contributed by atoms with van der Waals surface area (Å²) < 4.78 is 13.1. The van der Waals surface area contributed by atoms with Crippen LogP contribution in [0.25, 0.3) is 0 Å². The fourth-order valence-corrected chi connectivity index (χ4v) is 6.39. The Labute approximate surface area is 258 Å². The largest absolute Gasteiger partial charge is 0.496 e. The summed E-state index contributed by atoms with van der Waals surface area (Å²) in [6.07, 6.45) is 2.37. The second kappa shape index (κ2) is 10.6. The fraction of sp³-hybridized carbons (Fsp3) is 0.368. The van der Waals surface area contributed by atoms with Crippen LogP contribution in [0.1, 0.15) is 79.4 Å². The number of nitrogens with zero attached hydrogens (tertiary/aromatic N) is 1. The summed E-state index contributed by atoms with van der Waals surface area (Å²) >= 11 is 0. The molecule has 0 bridgehead atoms. The monoisotopic (exact) mass is 572 g/mol. The minimum absolute atomic E-state index is 0.121. The van der Waals surface area contributed by atoms with Gasteiger partial charge in [0.1, 0.15) is 0 Å². The van der Waals surface area contributed by atoms with Crippen LogP contribution in [0.3, 0.4) is 0 Å². The van der Waals surface area contributed by atoms with E-state index < -0.39 is 18.3 Å². The summed E-state index contributed by atoms with van der Waals surface area (Å²) in [5.74, 6) is 0. The third kappa shape index (κ3) is 5.50. The molecule has 0 unspecified atom stereocenters. The summed E-state index contributed by atoms with van der Waals surface area (Å²) in [5, 5.41) is 3.83. The molecule has 2 aliphatic rings. The van der Waals surface area contributed by atoms with Crippen LogP contribution >= 0.6 is 0 Å². The first-order chi connectivity index (χ1) is 20.3. The van der Waals surface area contributed by atoms with Gasteiger partial charge in [0, 0.05) is 33.9 Å². The average molecular weight is 573 g/mol. The van der Waals surface area contributed by atoms with Gasteiger partial charge in [0.25, 0.3) is 0 Å². The molecule has 43 heavy (non-hydrogen) atoms. The van der Waals surface area contributed by atoms with Gasteiger partial charge in [0.15, 0.2) is 0 Å². The topological polar surface area (TPSA) is 33.7 Å². The van der Waals surface area contributed by atoms with Crippen molar-refractivity contribution in [3.05, 3.63) is 108 Å². The standard InChI is InChI=1S/C38H45BN2O2/c1-35(2)23-24-36(3,4)32-25-27(19-21-31(32)35)40-34-26-30(20-22-33(34)39-42-37(5,6)38(7,8)43-39)41(28-15-11-9-12-16-28)29-17-13-10-14-18-29/h9-22,25-26,40H,23-24H2,1-8H3. The van der Waals surface area contributed by atoms with E-state index in [0.717, 1.165) is 33.9 Å². The van der Waals surface area contributed by atoms with Crippen LogP contribution in [0.5, 0.6) is 0 Å². The van der Waals surface area contributed by atoms with E-state index in [1.807, 2.05) is 0 Å². The molecule has 1 aliphatic heterocycles. The lowest BCUT2D eigenvalue weighted by molar-refractivity contribution is 0.00578. The Morgan fingerprint density at radius 3 is 1.67 bits per heavy atom. The molecular weight excluding hydrogens is 527 g/mol. The lowest BCUT2D eigenvalue weighted by atomic mass is 9.63. The molecule has 0 radical (unpaired) electrons. The Balaban J connectivity index is 1.47. The smallest absolute Gasteiger partial charge is 0.399 e. The SMILES string of the molecule is CC1(C)CCC(C)(C)c2cc(Nc3cc(N(c4ccccc4)c4ccccc4)ccc3B3OC(C)(C)C(C)(C)O3)ccc21. The maximum absolute atomic E-state index is 6.57. The Kier molecular flexibility index (Phi) is 7.26. The fourth-order valence-electron chi connectivity index (χ4n) is 6.39. The maximum Gasteiger partial charge on any atom is 0.496 e. The molecule has 0 aromatic heterocycles. The Bertz CT molecular complexity index is 1560. The number of benzene rings is 4. The predicted molar refractivity (Wildman–Crippen MR) is 182 cm³/mol. The van der Waals surface area contributed by atoms with Crippen molar-refractivity contribution in [1.82, 2.24) is 0 Å². The number of rotatable bonds is 6. The molecule has 1 aliphatic carbocycles. The molecule has 222 valence electrons. The van der Waals surface area contributed by atoms with Gasteiger partial charge in [-0.05, 0) is 111 Å². The van der Waals surface area contributed by atoms with Crippen LogP contribution in [0.15, 0.2) is 97.1 Å². The van der Waals surface area contributed by atoms with E-state index in [9.17, 15) is 0 Å². The zero-order valence-corrected chi connectivity index (χ0v) is 27.0. The minimum Gasteiger partial charge on any atom is -0.399 e.